The number of nitrogens with two attached hydrogens (primary N) is 1. The lowest BCUT2D eigenvalue weighted by atomic mass is 10.2. The van der Waals surface area contributed by atoms with Crippen molar-refractivity contribution in [1.82, 2.24) is 5.32 Å². The summed E-state index contributed by atoms with van der Waals surface area (Å²) in [4.78, 5) is 10.6. The zero-order valence-corrected chi connectivity index (χ0v) is 11.7. The van der Waals surface area contributed by atoms with Gasteiger partial charge in [0.1, 0.15) is 4.90 Å². The Morgan fingerprint density at radius 1 is 1.45 bits per heavy atom. The Morgan fingerprint density at radius 3 is 2.55 bits per heavy atom. The van der Waals surface area contributed by atoms with Gasteiger partial charge >= 0.3 is 0 Å². The molecule has 9 heteroatoms. The highest BCUT2D eigenvalue weighted by Gasteiger charge is 2.28. The summed E-state index contributed by atoms with van der Waals surface area (Å²) in [6.45, 7) is 0.374. The third kappa shape index (κ3) is 3.08. The van der Waals surface area contributed by atoms with E-state index in [-0.39, 0.29) is 0 Å². The van der Waals surface area contributed by atoms with Gasteiger partial charge in [0.25, 0.3) is 5.91 Å². The molecule has 0 atom stereocenters. The Hall–Kier alpha value is -1.25. The van der Waals surface area contributed by atoms with Gasteiger partial charge in [0.2, 0.25) is 10.0 Å². The average molecular weight is 325 g/mol. The standard InChI is InChI=1S/C11H11ClF2N2O3S/c12-8-6(11(17)16-4-5-1-2-5)3-7(13)9(14)10(8)20(15,18)19/h3,5H,1-2,4H2,(H,16,17)(H2,15,18,19). The normalized spacial score (nSPS) is 15.2. The molecule has 20 heavy (non-hydrogen) atoms. The Morgan fingerprint density at radius 2 is 2.05 bits per heavy atom. The predicted octanol–water partition coefficient (Wildman–Crippen LogP) is 1.41. The number of carbonyl (C=O) groups is 1. The van der Waals surface area contributed by atoms with Crippen molar-refractivity contribution in [2.24, 2.45) is 11.1 Å². The van der Waals surface area contributed by atoms with E-state index in [0.29, 0.717) is 18.5 Å². The van der Waals surface area contributed by atoms with Crippen molar-refractivity contribution >= 4 is 27.5 Å². The van der Waals surface area contributed by atoms with Crippen molar-refractivity contribution in [2.45, 2.75) is 17.7 Å². The number of sulfonamides is 1. The van der Waals surface area contributed by atoms with Gasteiger partial charge in [-0.1, -0.05) is 11.6 Å². The summed E-state index contributed by atoms with van der Waals surface area (Å²) in [5.41, 5.74) is -0.463. The van der Waals surface area contributed by atoms with Crippen LogP contribution in [0.3, 0.4) is 0 Å². The topological polar surface area (TPSA) is 89.3 Å². The summed E-state index contributed by atoms with van der Waals surface area (Å²) in [7, 11) is -4.59. The molecule has 0 heterocycles. The maximum atomic E-state index is 13.5. The number of hydrogen-bond donors (Lipinski definition) is 2. The number of carbonyl (C=O) groups excluding carboxylic acids is 1. The minimum atomic E-state index is -4.59. The second-order valence-electron chi connectivity index (χ2n) is 4.56. The summed E-state index contributed by atoms with van der Waals surface area (Å²) in [6, 6.07) is 0.550. The van der Waals surface area contributed by atoms with Crippen LogP contribution in [0.5, 0.6) is 0 Å². The quantitative estimate of drug-likeness (QED) is 0.820. The van der Waals surface area contributed by atoms with Gasteiger partial charge in [-0.25, -0.2) is 22.3 Å². The number of amides is 1. The van der Waals surface area contributed by atoms with Gasteiger partial charge in [-0.3, -0.25) is 4.79 Å². The third-order valence-corrected chi connectivity index (χ3v) is 4.35. The van der Waals surface area contributed by atoms with Gasteiger partial charge in [-0.15, -0.1) is 0 Å². The fourth-order valence-corrected chi connectivity index (χ4v) is 2.90. The molecule has 0 spiro atoms. The molecule has 110 valence electrons. The first-order chi connectivity index (χ1) is 9.21. The fraction of sp³-hybridized carbons (Fsp3) is 0.364. The molecule has 1 saturated carbocycles. The summed E-state index contributed by atoms with van der Waals surface area (Å²) in [6.07, 6.45) is 1.96. The lowest BCUT2D eigenvalue weighted by molar-refractivity contribution is 0.0951. The molecule has 3 N–H and O–H groups in total. The van der Waals surface area contributed by atoms with Crippen LogP contribution in [0.1, 0.15) is 23.2 Å². The van der Waals surface area contributed by atoms with Crippen molar-refractivity contribution in [3.05, 3.63) is 28.3 Å². The first kappa shape index (κ1) is 15.1. The molecule has 1 amide bonds. The molecule has 1 aliphatic rings. The van der Waals surface area contributed by atoms with E-state index in [1.165, 1.54) is 0 Å². The van der Waals surface area contributed by atoms with Gasteiger partial charge in [-0.05, 0) is 24.8 Å². The van der Waals surface area contributed by atoms with Crippen LogP contribution in [0.25, 0.3) is 0 Å². The molecule has 0 unspecified atom stereocenters. The minimum absolute atomic E-state index is 0.362. The highest BCUT2D eigenvalue weighted by atomic mass is 35.5. The second-order valence-corrected chi connectivity index (χ2v) is 6.44. The summed E-state index contributed by atoms with van der Waals surface area (Å²) < 4.78 is 49.3. The van der Waals surface area contributed by atoms with E-state index < -0.39 is 43.0 Å². The molecule has 1 aromatic rings. The predicted molar refractivity (Wildman–Crippen MR) is 67.8 cm³/mol. The SMILES string of the molecule is NS(=O)(=O)c1c(F)c(F)cc(C(=O)NCC2CC2)c1Cl. The number of hydrogen-bond acceptors (Lipinski definition) is 3. The van der Waals surface area contributed by atoms with E-state index in [2.05, 4.69) is 5.32 Å². The number of primary sulfonamides is 1. The third-order valence-electron chi connectivity index (χ3n) is 2.89. The molecule has 0 bridgehead atoms. The molecule has 0 aromatic heterocycles. The highest BCUT2D eigenvalue weighted by Crippen LogP contribution is 2.30. The smallest absolute Gasteiger partial charge is 0.252 e. The molecule has 2 rings (SSSR count). The molecule has 1 aliphatic carbocycles. The molecule has 0 aliphatic heterocycles. The Labute approximate surface area is 119 Å². The fourth-order valence-electron chi connectivity index (χ4n) is 1.65. The molecule has 0 saturated heterocycles. The van der Waals surface area contributed by atoms with Crippen molar-refractivity contribution in [2.75, 3.05) is 6.54 Å². The van der Waals surface area contributed by atoms with Crippen LogP contribution in [0.2, 0.25) is 5.02 Å². The number of rotatable bonds is 4. The van der Waals surface area contributed by atoms with Gasteiger partial charge < -0.3 is 5.32 Å². The Kier molecular flexibility index (Phi) is 3.99. The first-order valence-corrected chi connectivity index (χ1v) is 7.62. The van der Waals surface area contributed by atoms with Crippen LogP contribution in [0, 0.1) is 17.6 Å². The molecule has 0 radical (unpaired) electrons. The van der Waals surface area contributed by atoms with E-state index in [9.17, 15) is 22.0 Å². The maximum Gasteiger partial charge on any atom is 0.252 e. The Bertz CT molecular complexity index is 675. The molecule has 1 fully saturated rings. The van der Waals surface area contributed by atoms with E-state index in [0.717, 1.165) is 12.8 Å². The summed E-state index contributed by atoms with van der Waals surface area (Å²) in [5.74, 6) is -3.61. The van der Waals surface area contributed by atoms with Crippen LogP contribution in [-0.2, 0) is 10.0 Å². The first-order valence-electron chi connectivity index (χ1n) is 5.70. The monoisotopic (exact) mass is 324 g/mol. The Balaban J connectivity index is 2.43. The van der Waals surface area contributed by atoms with Gasteiger partial charge in [0.05, 0.1) is 10.6 Å². The summed E-state index contributed by atoms with van der Waals surface area (Å²) >= 11 is 5.67. The zero-order chi connectivity index (χ0) is 15.1. The van der Waals surface area contributed by atoms with Gasteiger partial charge in [0, 0.05) is 6.54 Å². The lowest BCUT2D eigenvalue weighted by Gasteiger charge is -2.10. The maximum absolute atomic E-state index is 13.5. The molecule has 5 nitrogen and oxygen atoms in total. The zero-order valence-electron chi connectivity index (χ0n) is 10.1. The van der Waals surface area contributed by atoms with Crippen LogP contribution in [0.4, 0.5) is 8.78 Å². The van der Waals surface area contributed by atoms with E-state index in [1.54, 1.807) is 0 Å². The average Bonchev–Trinajstić information content (AvgIpc) is 3.13. The highest BCUT2D eigenvalue weighted by molar-refractivity contribution is 7.89. The van der Waals surface area contributed by atoms with Gasteiger partial charge in [0.15, 0.2) is 11.6 Å². The van der Waals surface area contributed by atoms with Crippen molar-refractivity contribution < 1.29 is 22.0 Å². The largest absolute Gasteiger partial charge is 0.352 e. The van der Waals surface area contributed by atoms with Crippen LogP contribution in [-0.4, -0.2) is 20.9 Å². The number of benzene rings is 1. The van der Waals surface area contributed by atoms with Gasteiger partial charge in [-0.2, -0.15) is 0 Å². The summed E-state index contributed by atoms with van der Waals surface area (Å²) in [5, 5.41) is 6.53. The lowest BCUT2D eigenvalue weighted by Crippen LogP contribution is -2.27. The number of nitrogens with one attached hydrogen (secondary N) is 1. The second kappa shape index (κ2) is 5.27. The van der Waals surface area contributed by atoms with E-state index in [1.807, 2.05) is 0 Å². The minimum Gasteiger partial charge on any atom is -0.352 e. The molecular weight excluding hydrogens is 314 g/mol. The number of halogens is 3. The van der Waals surface area contributed by atoms with Crippen molar-refractivity contribution in [3.63, 3.8) is 0 Å². The van der Waals surface area contributed by atoms with Crippen LogP contribution < -0.4 is 10.5 Å². The van der Waals surface area contributed by atoms with Crippen molar-refractivity contribution in [1.29, 1.82) is 0 Å². The van der Waals surface area contributed by atoms with E-state index >= 15 is 0 Å². The van der Waals surface area contributed by atoms with Crippen LogP contribution in [0.15, 0.2) is 11.0 Å². The van der Waals surface area contributed by atoms with Crippen LogP contribution >= 0.6 is 11.6 Å². The molecular formula is C11H11ClF2N2O3S. The van der Waals surface area contributed by atoms with Crippen molar-refractivity contribution in [3.8, 4) is 0 Å². The molecule has 1 aromatic carbocycles. The van der Waals surface area contributed by atoms with E-state index in [4.69, 9.17) is 16.7 Å².